The molecule has 3 aromatic rings. The smallest absolute Gasteiger partial charge is 0.237 e. The van der Waals surface area contributed by atoms with Crippen LogP contribution in [0.1, 0.15) is 23.8 Å². The third-order valence-electron chi connectivity index (χ3n) is 4.51. The van der Waals surface area contributed by atoms with E-state index < -0.39 is 0 Å². The number of nitrogens with one attached hydrogen (secondary N) is 1. The third-order valence-corrected chi connectivity index (χ3v) is 5.59. The van der Waals surface area contributed by atoms with Crippen molar-refractivity contribution in [1.82, 2.24) is 14.8 Å². The molecule has 0 bridgehead atoms. The van der Waals surface area contributed by atoms with Gasteiger partial charge >= 0.3 is 0 Å². The number of hydrogen-bond donors (Lipinski definition) is 1. The maximum Gasteiger partial charge on any atom is 0.237 e. The lowest BCUT2D eigenvalue weighted by atomic mass is 10.1. The first-order valence-electron chi connectivity index (χ1n) is 9.04. The van der Waals surface area contributed by atoms with Crippen LogP contribution < -0.4 is 5.32 Å². The highest BCUT2D eigenvalue weighted by Crippen LogP contribution is 2.30. The van der Waals surface area contributed by atoms with Crippen LogP contribution in [0, 0.1) is 20.8 Å². The molecule has 2 aromatic heterocycles. The van der Waals surface area contributed by atoms with Gasteiger partial charge in [0.25, 0.3) is 0 Å². The summed E-state index contributed by atoms with van der Waals surface area (Å²) in [7, 11) is 0. The summed E-state index contributed by atoms with van der Waals surface area (Å²) in [6.45, 7) is 12.1. The molecule has 0 spiro atoms. The van der Waals surface area contributed by atoms with E-state index in [1.807, 2.05) is 56.5 Å². The highest BCUT2D eigenvalue weighted by molar-refractivity contribution is 8.00. The van der Waals surface area contributed by atoms with Gasteiger partial charge in [0.15, 0.2) is 11.0 Å². The Balaban J connectivity index is 1.81. The summed E-state index contributed by atoms with van der Waals surface area (Å²) in [4.78, 5) is 12.8. The highest BCUT2D eigenvalue weighted by atomic mass is 32.2. The van der Waals surface area contributed by atoms with E-state index >= 15 is 0 Å². The van der Waals surface area contributed by atoms with Gasteiger partial charge in [-0.15, -0.1) is 16.8 Å². The lowest BCUT2D eigenvalue weighted by molar-refractivity contribution is -0.115. The standard InChI is InChI=1S/C21H24N4O2S/c1-6-11-25-19(17-10-12-27-15(17)4)23-24-21(25)28-16(5)20(26)22-18-13(2)8-7-9-14(18)3/h6-10,12,16H,1,11H2,2-5H3,(H,22,26)/t16-/m0/s1. The summed E-state index contributed by atoms with van der Waals surface area (Å²) >= 11 is 1.37. The largest absolute Gasteiger partial charge is 0.469 e. The van der Waals surface area contributed by atoms with Crippen LogP contribution in [0.3, 0.4) is 0 Å². The minimum absolute atomic E-state index is 0.0726. The minimum atomic E-state index is -0.343. The Hall–Kier alpha value is -2.80. The lowest BCUT2D eigenvalue weighted by Gasteiger charge is -2.15. The number of rotatable bonds is 7. The fraction of sp³-hybridized carbons (Fsp3) is 0.286. The fourth-order valence-electron chi connectivity index (χ4n) is 2.93. The SMILES string of the molecule is C=CCn1c(S[C@@H](C)C(=O)Nc2c(C)cccc2C)nnc1-c1ccoc1C. The maximum atomic E-state index is 12.8. The number of allylic oxidation sites excluding steroid dienone is 1. The van der Waals surface area contributed by atoms with E-state index in [4.69, 9.17) is 4.42 Å². The Labute approximate surface area is 169 Å². The number of para-hydroxylation sites is 1. The van der Waals surface area contributed by atoms with Crippen LogP contribution in [0.5, 0.6) is 0 Å². The lowest BCUT2D eigenvalue weighted by Crippen LogP contribution is -2.24. The van der Waals surface area contributed by atoms with Crippen LogP contribution in [0.4, 0.5) is 5.69 Å². The van der Waals surface area contributed by atoms with Crippen molar-refractivity contribution in [3.63, 3.8) is 0 Å². The van der Waals surface area contributed by atoms with E-state index in [1.54, 1.807) is 12.3 Å². The summed E-state index contributed by atoms with van der Waals surface area (Å²) in [5, 5.41) is 12.0. The van der Waals surface area contributed by atoms with Crippen molar-refractivity contribution in [3.8, 4) is 11.4 Å². The molecule has 6 nitrogen and oxygen atoms in total. The van der Waals surface area contributed by atoms with Gasteiger partial charge in [-0.3, -0.25) is 9.36 Å². The molecule has 0 fully saturated rings. The van der Waals surface area contributed by atoms with Gasteiger partial charge in [-0.1, -0.05) is 36.0 Å². The van der Waals surface area contributed by atoms with Crippen molar-refractivity contribution in [1.29, 1.82) is 0 Å². The second-order valence-electron chi connectivity index (χ2n) is 6.61. The van der Waals surface area contributed by atoms with Gasteiger partial charge in [0.1, 0.15) is 5.76 Å². The molecule has 7 heteroatoms. The molecule has 3 rings (SSSR count). The number of carbonyl (C=O) groups is 1. The normalized spacial score (nSPS) is 12.0. The van der Waals surface area contributed by atoms with E-state index in [1.165, 1.54) is 11.8 Å². The summed E-state index contributed by atoms with van der Waals surface area (Å²) in [5.41, 5.74) is 3.83. The molecule has 1 amide bonds. The number of nitrogens with zero attached hydrogens (tertiary/aromatic N) is 3. The van der Waals surface area contributed by atoms with Crippen LogP contribution in [-0.4, -0.2) is 25.9 Å². The van der Waals surface area contributed by atoms with Crippen molar-refractivity contribution in [3.05, 3.63) is 60.1 Å². The summed E-state index contributed by atoms with van der Waals surface area (Å²) in [6.07, 6.45) is 3.42. The third kappa shape index (κ3) is 4.04. The van der Waals surface area contributed by atoms with E-state index in [-0.39, 0.29) is 11.2 Å². The first kappa shape index (κ1) is 19.9. The summed E-state index contributed by atoms with van der Waals surface area (Å²) < 4.78 is 7.33. The molecule has 0 aliphatic rings. The van der Waals surface area contributed by atoms with Gasteiger partial charge in [-0.2, -0.15) is 0 Å². The molecule has 1 N–H and O–H groups in total. The highest BCUT2D eigenvalue weighted by Gasteiger charge is 2.22. The van der Waals surface area contributed by atoms with Crippen LogP contribution in [0.25, 0.3) is 11.4 Å². The number of furan rings is 1. The zero-order valence-electron chi connectivity index (χ0n) is 16.5. The van der Waals surface area contributed by atoms with Gasteiger partial charge in [-0.05, 0) is 44.9 Å². The van der Waals surface area contributed by atoms with Gasteiger partial charge < -0.3 is 9.73 Å². The van der Waals surface area contributed by atoms with E-state index in [9.17, 15) is 4.79 Å². The molecule has 2 heterocycles. The number of hydrogen-bond acceptors (Lipinski definition) is 5. The second-order valence-corrected chi connectivity index (χ2v) is 7.92. The average Bonchev–Trinajstić information content (AvgIpc) is 3.24. The number of aryl methyl sites for hydroxylation is 3. The summed E-state index contributed by atoms with van der Waals surface area (Å²) in [5.74, 6) is 1.41. The molecule has 0 aliphatic heterocycles. The van der Waals surface area contributed by atoms with Crippen LogP contribution in [0.2, 0.25) is 0 Å². The molecule has 1 atom stereocenters. The fourth-order valence-corrected chi connectivity index (χ4v) is 3.79. The monoisotopic (exact) mass is 396 g/mol. The van der Waals surface area contributed by atoms with Crippen molar-refractivity contribution in [2.75, 3.05) is 5.32 Å². The summed E-state index contributed by atoms with van der Waals surface area (Å²) in [6, 6.07) is 7.82. The Morgan fingerprint density at radius 2 is 2.00 bits per heavy atom. The molecular weight excluding hydrogens is 372 g/mol. The molecule has 28 heavy (non-hydrogen) atoms. The zero-order chi connectivity index (χ0) is 20.3. The van der Waals surface area contributed by atoms with Gasteiger partial charge in [0.2, 0.25) is 5.91 Å². The molecular formula is C21H24N4O2S. The predicted molar refractivity (Wildman–Crippen MR) is 113 cm³/mol. The van der Waals surface area contributed by atoms with Gasteiger partial charge in [0.05, 0.1) is 17.1 Å². The molecule has 146 valence electrons. The quantitative estimate of drug-likeness (QED) is 0.460. The van der Waals surface area contributed by atoms with Gasteiger partial charge in [0, 0.05) is 12.2 Å². The van der Waals surface area contributed by atoms with Crippen molar-refractivity contribution in [2.24, 2.45) is 0 Å². The Morgan fingerprint density at radius 1 is 1.29 bits per heavy atom. The Kier molecular flexibility index (Phi) is 6.04. The average molecular weight is 397 g/mol. The molecule has 0 unspecified atom stereocenters. The number of benzene rings is 1. The molecule has 0 radical (unpaired) electrons. The molecule has 0 saturated heterocycles. The topological polar surface area (TPSA) is 73.0 Å². The van der Waals surface area contributed by atoms with E-state index in [2.05, 4.69) is 22.1 Å². The zero-order valence-corrected chi connectivity index (χ0v) is 17.3. The number of carbonyl (C=O) groups excluding carboxylic acids is 1. The van der Waals surface area contributed by atoms with Crippen molar-refractivity contribution in [2.45, 2.75) is 44.6 Å². The minimum Gasteiger partial charge on any atom is -0.469 e. The Morgan fingerprint density at radius 3 is 2.61 bits per heavy atom. The molecule has 1 aromatic carbocycles. The maximum absolute atomic E-state index is 12.8. The van der Waals surface area contributed by atoms with Crippen molar-refractivity contribution >= 4 is 23.4 Å². The Bertz CT molecular complexity index is 986. The number of amides is 1. The predicted octanol–water partition coefficient (Wildman–Crippen LogP) is 4.77. The van der Waals surface area contributed by atoms with Crippen LogP contribution >= 0.6 is 11.8 Å². The number of aromatic nitrogens is 3. The number of anilines is 1. The van der Waals surface area contributed by atoms with Gasteiger partial charge in [-0.25, -0.2) is 0 Å². The molecule has 0 saturated carbocycles. The first-order valence-corrected chi connectivity index (χ1v) is 9.92. The first-order chi connectivity index (χ1) is 13.4. The van der Waals surface area contributed by atoms with Crippen LogP contribution in [0.15, 0.2) is 52.8 Å². The van der Waals surface area contributed by atoms with E-state index in [0.29, 0.717) is 17.5 Å². The van der Waals surface area contributed by atoms with Crippen LogP contribution in [-0.2, 0) is 11.3 Å². The molecule has 0 aliphatic carbocycles. The van der Waals surface area contributed by atoms with E-state index in [0.717, 1.165) is 28.1 Å². The second kappa shape index (κ2) is 8.48. The van der Waals surface area contributed by atoms with Crippen molar-refractivity contribution < 1.29 is 9.21 Å². The number of thioether (sulfide) groups is 1.